The molecule has 0 atom stereocenters. The van der Waals surface area contributed by atoms with Gasteiger partial charge in [-0.3, -0.25) is 19.7 Å². The summed E-state index contributed by atoms with van der Waals surface area (Å²) in [6.45, 7) is 0.433. The summed E-state index contributed by atoms with van der Waals surface area (Å²) in [6.07, 6.45) is 1.92. The van der Waals surface area contributed by atoms with Gasteiger partial charge in [0.2, 0.25) is 5.91 Å². The molecule has 2 amide bonds. The molecule has 3 rings (SSSR count). The smallest absolute Gasteiger partial charge is 0.271 e. The lowest BCUT2D eigenvalue weighted by Gasteiger charge is -2.07. The zero-order valence-electron chi connectivity index (χ0n) is 13.4. The van der Waals surface area contributed by atoms with Crippen LogP contribution >= 0.6 is 0 Å². The van der Waals surface area contributed by atoms with E-state index in [0.717, 1.165) is 18.4 Å². The van der Waals surface area contributed by atoms with Gasteiger partial charge in [-0.05, 0) is 36.6 Å². The maximum absolute atomic E-state index is 12.2. The van der Waals surface area contributed by atoms with E-state index in [-0.39, 0.29) is 23.4 Å². The molecular weight excluding hydrogens is 322 g/mol. The van der Waals surface area contributed by atoms with E-state index in [1.807, 2.05) is 0 Å². The molecule has 1 aliphatic carbocycles. The second-order valence-corrected chi connectivity index (χ2v) is 5.95. The van der Waals surface area contributed by atoms with Gasteiger partial charge in [-0.2, -0.15) is 0 Å². The van der Waals surface area contributed by atoms with Gasteiger partial charge in [0, 0.05) is 35.8 Å². The highest BCUT2D eigenvalue weighted by Gasteiger charge is 2.29. The Hall–Kier alpha value is -3.22. The number of nitro benzene ring substituents is 1. The Labute approximate surface area is 144 Å². The molecule has 1 aliphatic rings. The summed E-state index contributed by atoms with van der Waals surface area (Å²) >= 11 is 0. The third-order valence-corrected chi connectivity index (χ3v) is 3.95. The van der Waals surface area contributed by atoms with Crippen molar-refractivity contribution in [3.63, 3.8) is 0 Å². The fourth-order valence-electron chi connectivity index (χ4n) is 2.35. The van der Waals surface area contributed by atoms with Crippen molar-refractivity contribution in [1.82, 2.24) is 5.32 Å². The van der Waals surface area contributed by atoms with E-state index >= 15 is 0 Å². The molecule has 128 valence electrons. The summed E-state index contributed by atoms with van der Waals surface area (Å²) < 4.78 is 0. The molecule has 7 heteroatoms. The second-order valence-electron chi connectivity index (χ2n) is 5.95. The molecule has 0 saturated heterocycles. The number of nitrogens with one attached hydrogen (secondary N) is 2. The van der Waals surface area contributed by atoms with Gasteiger partial charge in [0.1, 0.15) is 0 Å². The van der Waals surface area contributed by atoms with Gasteiger partial charge in [-0.15, -0.1) is 0 Å². The number of amides is 2. The molecule has 0 radical (unpaired) electrons. The molecule has 2 N–H and O–H groups in total. The van der Waals surface area contributed by atoms with E-state index in [1.165, 1.54) is 18.2 Å². The van der Waals surface area contributed by atoms with Crippen molar-refractivity contribution in [2.45, 2.75) is 19.4 Å². The highest BCUT2D eigenvalue weighted by molar-refractivity contribution is 6.04. The van der Waals surface area contributed by atoms with Gasteiger partial charge in [0.05, 0.1) is 4.92 Å². The van der Waals surface area contributed by atoms with Gasteiger partial charge in [0.15, 0.2) is 0 Å². The Bertz CT molecular complexity index is 813. The summed E-state index contributed by atoms with van der Waals surface area (Å²) in [7, 11) is 0. The van der Waals surface area contributed by atoms with Crippen LogP contribution < -0.4 is 10.6 Å². The number of anilines is 1. The van der Waals surface area contributed by atoms with Crippen molar-refractivity contribution < 1.29 is 14.5 Å². The summed E-state index contributed by atoms with van der Waals surface area (Å²) in [4.78, 5) is 34.1. The predicted octanol–water partition coefficient (Wildman–Crippen LogP) is 2.87. The van der Waals surface area contributed by atoms with Crippen LogP contribution in [-0.2, 0) is 11.3 Å². The van der Waals surface area contributed by atoms with Crippen molar-refractivity contribution in [1.29, 1.82) is 0 Å². The molecular formula is C18H17N3O4. The lowest BCUT2D eigenvalue weighted by atomic mass is 10.1. The van der Waals surface area contributed by atoms with Crippen LogP contribution in [0.2, 0.25) is 0 Å². The van der Waals surface area contributed by atoms with Crippen molar-refractivity contribution in [3.05, 3.63) is 69.8 Å². The first-order valence-electron chi connectivity index (χ1n) is 7.95. The average Bonchev–Trinajstić information content (AvgIpc) is 3.45. The van der Waals surface area contributed by atoms with Gasteiger partial charge < -0.3 is 10.6 Å². The summed E-state index contributed by atoms with van der Waals surface area (Å²) in [5.41, 5.74) is 1.61. The topological polar surface area (TPSA) is 101 Å². The summed E-state index contributed by atoms with van der Waals surface area (Å²) in [6, 6.07) is 12.6. The highest BCUT2D eigenvalue weighted by Crippen LogP contribution is 2.28. The minimum atomic E-state index is -0.514. The minimum Gasteiger partial charge on any atom is -0.352 e. The van der Waals surface area contributed by atoms with E-state index in [0.29, 0.717) is 17.8 Å². The van der Waals surface area contributed by atoms with E-state index in [4.69, 9.17) is 0 Å². The molecule has 0 bridgehead atoms. The number of carbonyl (C=O) groups is 2. The molecule has 2 aromatic rings. The average molecular weight is 339 g/mol. The molecule has 2 aromatic carbocycles. The van der Waals surface area contributed by atoms with Crippen LogP contribution in [-0.4, -0.2) is 16.7 Å². The maximum atomic E-state index is 12.2. The quantitative estimate of drug-likeness (QED) is 0.624. The zero-order valence-corrected chi connectivity index (χ0v) is 13.4. The predicted molar refractivity (Wildman–Crippen MR) is 92.1 cm³/mol. The van der Waals surface area contributed by atoms with Crippen LogP contribution in [0, 0.1) is 16.0 Å². The van der Waals surface area contributed by atoms with E-state index in [2.05, 4.69) is 10.6 Å². The number of hydrogen-bond acceptors (Lipinski definition) is 4. The largest absolute Gasteiger partial charge is 0.352 e. The van der Waals surface area contributed by atoms with Crippen molar-refractivity contribution in [3.8, 4) is 0 Å². The fourth-order valence-corrected chi connectivity index (χ4v) is 2.35. The van der Waals surface area contributed by atoms with Crippen LogP contribution in [0.5, 0.6) is 0 Å². The SMILES string of the molecule is O=C(Nc1cccc([N+](=O)[O-])c1)c1ccc(CNC(=O)C2CC2)cc1. The number of nitro groups is 1. The summed E-state index contributed by atoms with van der Waals surface area (Å²) in [5.74, 6) is -0.110. The van der Waals surface area contributed by atoms with Crippen molar-refractivity contribution in [2.24, 2.45) is 5.92 Å². The molecule has 1 fully saturated rings. The van der Waals surface area contributed by atoms with Crippen molar-refractivity contribution in [2.75, 3.05) is 5.32 Å². The van der Waals surface area contributed by atoms with E-state index in [1.54, 1.807) is 30.3 Å². The van der Waals surface area contributed by atoms with Crippen LogP contribution in [0.25, 0.3) is 0 Å². The Balaban J connectivity index is 1.59. The third-order valence-electron chi connectivity index (χ3n) is 3.95. The van der Waals surface area contributed by atoms with Crippen LogP contribution in [0.1, 0.15) is 28.8 Å². The zero-order chi connectivity index (χ0) is 17.8. The molecule has 0 unspecified atom stereocenters. The Morgan fingerprint density at radius 3 is 2.48 bits per heavy atom. The number of nitrogens with zero attached hydrogens (tertiary/aromatic N) is 1. The fraction of sp³-hybridized carbons (Fsp3) is 0.222. The van der Waals surface area contributed by atoms with Gasteiger partial charge in [-0.25, -0.2) is 0 Å². The molecule has 0 aromatic heterocycles. The van der Waals surface area contributed by atoms with Crippen LogP contribution in [0.4, 0.5) is 11.4 Å². The Kier molecular flexibility index (Phi) is 4.74. The lowest BCUT2D eigenvalue weighted by Crippen LogP contribution is -2.24. The van der Waals surface area contributed by atoms with E-state index < -0.39 is 4.92 Å². The summed E-state index contributed by atoms with van der Waals surface area (Å²) in [5, 5.41) is 16.3. The van der Waals surface area contributed by atoms with Gasteiger partial charge >= 0.3 is 0 Å². The van der Waals surface area contributed by atoms with Crippen LogP contribution in [0.3, 0.4) is 0 Å². The highest BCUT2D eigenvalue weighted by atomic mass is 16.6. The first kappa shape index (κ1) is 16.6. The first-order chi connectivity index (χ1) is 12.0. The van der Waals surface area contributed by atoms with Crippen molar-refractivity contribution >= 4 is 23.2 Å². The van der Waals surface area contributed by atoms with E-state index in [9.17, 15) is 19.7 Å². The normalized spacial score (nSPS) is 13.1. The Morgan fingerprint density at radius 1 is 1.12 bits per heavy atom. The van der Waals surface area contributed by atoms with Gasteiger partial charge in [-0.1, -0.05) is 18.2 Å². The van der Waals surface area contributed by atoms with Crippen LogP contribution in [0.15, 0.2) is 48.5 Å². The molecule has 0 heterocycles. The minimum absolute atomic E-state index is 0.0764. The molecule has 0 spiro atoms. The monoisotopic (exact) mass is 339 g/mol. The molecule has 7 nitrogen and oxygen atoms in total. The molecule has 25 heavy (non-hydrogen) atoms. The number of rotatable bonds is 6. The molecule has 0 aliphatic heterocycles. The van der Waals surface area contributed by atoms with Gasteiger partial charge in [0.25, 0.3) is 11.6 Å². The third kappa shape index (κ3) is 4.41. The number of benzene rings is 2. The Morgan fingerprint density at radius 2 is 1.84 bits per heavy atom. The first-order valence-corrected chi connectivity index (χ1v) is 7.95. The lowest BCUT2D eigenvalue weighted by molar-refractivity contribution is -0.384. The molecule has 1 saturated carbocycles. The number of hydrogen-bond donors (Lipinski definition) is 2. The standard InChI is InChI=1S/C18H17N3O4/c22-17(13-8-9-13)19-11-12-4-6-14(7-5-12)18(23)20-15-2-1-3-16(10-15)21(24)25/h1-7,10,13H,8-9,11H2,(H,19,22)(H,20,23). The number of carbonyl (C=O) groups excluding carboxylic acids is 2. The number of non-ortho nitro benzene ring substituents is 1. The maximum Gasteiger partial charge on any atom is 0.271 e. The second kappa shape index (κ2) is 7.12.